The lowest BCUT2D eigenvalue weighted by molar-refractivity contribution is -0.144. The number of carbonyl (C=O) groups excluding carboxylic acids is 1. The summed E-state index contributed by atoms with van der Waals surface area (Å²) in [4.78, 5) is 28.7. The number of fused-ring (bicyclic) bond motifs is 1. The van der Waals surface area contributed by atoms with Gasteiger partial charge in [-0.05, 0) is 30.7 Å². The molecule has 124 valence electrons. The monoisotopic (exact) mass is 330 g/mol. The van der Waals surface area contributed by atoms with Crippen LogP contribution in [0.1, 0.15) is 19.4 Å². The van der Waals surface area contributed by atoms with E-state index in [2.05, 4.69) is 10.1 Å². The molecule has 24 heavy (non-hydrogen) atoms. The van der Waals surface area contributed by atoms with Gasteiger partial charge >= 0.3 is 5.97 Å². The highest BCUT2D eigenvalue weighted by Gasteiger charge is 2.22. The zero-order chi connectivity index (χ0) is 17.3. The van der Waals surface area contributed by atoms with Crippen molar-refractivity contribution in [1.82, 2.24) is 19.3 Å². The third-order valence-corrected chi connectivity index (χ3v) is 3.78. The lowest BCUT2D eigenvalue weighted by Crippen LogP contribution is -2.30. The number of methoxy groups -OCH3 is 1. The molecular weight excluding hydrogens is 315 g/mol. The quantitative estimate of drug-likeness (QED) is 0.682. The third kappa shape index (κ3) is 2.55. The van der Waals surface area contributed by atoms with E-state index in [1.165, 1.54) is 53.1 Å². The first-order chi connectivity index (χ1) is 11.6. The number of halogens is 1. The zero-order valence-electron chi connectivity index (χ0n) is 13.1. The molecular formula is C16H15FN4O3. The summed E-state index contributed by atoms with van der Waals surface area (Å²) in [5.41, 5.74) is 0.532. The van der Waals surface area contributed by atoms with Gasteiger partial charge in [0.05, 0.1) is 19.0 Å². The second kappa shape index (κ2) is 6.23. The fraction of sp³-hybridized carbons (Fsp3) is 0.250. The van der Waals surface area contributed by atoms with Gasteiger partial charge in [0, 0.05) is 0 Å². The second-order valence-corrected chi connectivity index (χ2v) is 5.17. The van der Waals surface area contributed by atoms with Gasteiger partial charge in [-0.2, -0.15) is 5.10 Å². The van der Waals surface area contributed by atoms with Crippen LogP contribution in [0.15, 0.2) is 41.6 Å². The van der Waals surface area contributed by atoms with Crippen molar-refractivity contribution in [1.29, 1.82) is 0 Å². The molecule has 0 fully saturated rings. The predicted molar refractivity (Wildman–Crippen MR) is 84.4 cm³/mol. The number of aromatic nitrogens is 4. The van der Waals surface area contributed by atoms with Crippen molar-refractivity contribution in [2.24, 2.45) is 0 Å². The standard InChI is InChI=1S/C16H15FN4O3/c1-3-13(16(23)24-2)20-9-18-14-12(15(20)22)8-19-21(14)11-6-4-10(17)5-7-11/h4-9,13H,3H2,1-2H3/t13-/m1/s1. The number of hydrogen-bond acceptors (Lipinski definition) is 5. The minimum absolute atomic E-state index is 0.268. The van der Waals surface area contributed by atoms with Crippen LogP contribution in [-0.2, 0) is 9.53 Å². The van der Waals surface area contributed by atoms with Gasteiger partial charge in [-0.3, -0.25) is 9.36 Å². The van der Waals surface area contributed by atoms with Crippen molar-refractivity contribution in [3.63, 3.8) is 0 Å². The van der Waals surface area contributed by atoms with Crippen LogP contribution in [0, 0.1) is 5.82 Å². The Kier molecular flexibility index (Phi) is 4.11. The SMILES string of the molecule is CC[C@H](C(=O)OC)n1cnc2c(cnn2-c2ccc(F)cc2)c1=O. The van der Waals surface area contributed by atoms with Gasteiger partial charge in [0.25, 0.3) is 5.56 Å². The van der Waals surface area contributed by atoms with Crippen LogP contribution in [0.3, 0.4) is 0 Å². The topological polar surface area (TPSA) is 79.0 Å². The molecule has 0 unspecified atom stereocenters. The van der Waals surface area contributed by atoms with Gasteiger partial charge in [-0.1, -0.05) is 6.92 Å². The Bertz CT molecular complexity index is 946. The summed E-state index contributed by atoms with van der Waals surface area (Å²) >= 11 is 0. The number of esters is 1. The third-order valence-electron chi connectivity index (χ3n) is 3.78. The highest BCUT2D eigenvalue weighted by molar-refractivity contribution is 5.77. The Morgan fingerprint density at radius 2 is 2.04 bits per heavy atom. The summed E-state index contributed by atoms with van der Waals surface area (Å²) < 4.78 is 20.5. The Labute approximate surface area is 136 Å². The van der Waals surface area contributed by atoms with E-state index in [4.69, 9.17) is 4.74 Å². The molecule has 0 bridgehead atoms. The largest absolute Gasteiger partial charge is 0.467 e. The van der Waals surface area contributed by atoms with E-state index < -0.39 is 12.0 Å². The van der Waals surface area contributed by atoms with E-state index in [1.54, 1.807) is 6.92 Å². The Morgan fingerprint density at radius 1 is 1.33 bits per heavy atom. The number of nitrogens with zero attached hydrogens (tertiary/aromatic N) is 4. The van der Waals surface area contributed by atoms with Gasteiger partial charge < -0.3 is 4.74 Å². The average Bonchev–Trinajstić information content (AvgIpc) is 3.02. The maximum absolute atomic E-state index is 13.1. The van der Waals surface area contributed by atoms with E-state index in [0.717, 1.165) is 0 Å². The van der Waals surface area contributed by atoms with Crippen molar-refractivity contribution >= 4 is 17.0 Å². The van der Waals surface area contributed by atoms with Crippen molar-refractivity contribution < 1.29 is 13.9 Å². The van der Waals surface area contributed by atoms with Crippen LogP contribution in [0.5, 0.6) is 0 Å². The first-order valence-corrected chi connectivity index (χ1v) is 7.35. The Morgan fingerprint density at radius 3 is 2.67 bits per heavy atom. The molecule has 0 saturated carbocycles. The summed E-state index contributed by atoms with van der Waals surface area (Å²) in [5.74, 6) is -0.874. The number of benzene rings is 1. The van der Waals surface area contributed by atoms with Crippen LogP contribution in [0.2, 0.25) is 0 Å². The molecule has 0 saturated heterocycles. The predicted octanol–water partition coefficient (Wildman–Crippen LogP) is 1.85. The van der Waals surface area contributed by atoms with Gasteiger partial charge in [-0.25, -0.2) is 18.9 Å². The fourth-order valence-electron chi connectivity index (χ4n) is 2.53. The Balaban J connectivity index is 2.13. The number of ether oxygens (including phenoxy) is 1. The first-order valence-electron chi connectivity index (χ1n) is 7.35. The van der Waals surface area contributed by atoms with Gasteiger partial charge in [-0.15, -0.1) is 0 Å². The van der Waals surface area contributed by atoms with E-state index in [1.807, 2.05) is 0 Å². The van der Waals surface area contributed by atoms with Crippen molar-refractivity contribution in [2.45, 2.75) is 19.4 Å². The highest BCUT2D eigenvalue weighted by Crippen LogP contribution is 2.16. The molecule has 0 radical (unpaired) electrons. The minimum Gasteiger partial charge on any atom is -0.467 e. The summed E-state index contributed by atoms with van der Waals surface area (Å²) in [6.07, 6.45) is 3.08. The average molecular weight is 330 g/mol. The number of carbonyl (C=O) groups is 1. The van der Waals surface area contributed by atoms with Crippen LogP contribution in [-0.4, -0.2) is 32.4 Å². The molecule has 8 heteroatoms. The van der Waals surface area contributed by atoms with E-state index in [9.17, 15) is 14.0 Å². The summed E-state index contributed by atoms with van der Waals surface area (Å²) in [6, 6.07) is 4.94. The van der Waals surface area contributed by atoms with Crippen LogP contribution in [0.25, 0.3) is 16.7 Å². The van der Waals surface area contributed by atoms with Gasteiger partial charge in [0.1, 0.15) is 23.6 Å². The number of rotatable bonds is 4. The maximum atomic E-state index is 13.1. The molecule has 1 atom stereocenters. The lowest BCUT2D eigenvalue weighted by Gasteiger charge is -2.15. The molecule has 0 spiro atoms. The van der Waals surface area contributed by atoms with Crippen molar-refractivity contribution in [3.05, 3.63) is 53.0 Å². The smallest absolute Gasteiger partial charge is 0.329 e. The molecule has 0 N–H and O–H groups in total. The maximum Gasteiger partial charge on any atom is 0.329 e. The summed E-state index contributed by atoms with van der Waals surface area (Å²) in [6.45, 7) is 1.78. The van der Waals surface area contributed by atoms with Crippen molar-refractivity contribution in [3.8, 4) is 5.69 Å². The zero-order valence-corrected chi connectivity index (χ0v) is 13.1. The summed E-state index contributed by atoms with van der Waals surface area (Å²) in [5, 5.41) is 4.42. The van der Waals surface area contributed by atoms with E-state index in [0.29, 0.717) is 17.8 Å². The van der Waals surface area contributed by atoms with E-state index >= 15 is 0 Å². The van der Waals surface area contributed by atoms with Crippen molar-refractivity contribution in [2.75, 3.05) is 7.11 Å². The summed E-state index contributed by atoms with van der Waals surface area (Å²) in [7, 11) is 1.27. The van der Waals surface area contributed by atoms with Crippen LogP contribution >= 0.6 is 0 Å². The fourth-order valence-corrected chi connectivity index (χ4v) is 2.53. The normalized spacial score (nSPS) is 12.3. The lowest BCUT2D eigenvalue weighted by atomic mass is 10.2. The first kappa shape index (κ1) is 15.9. The number of hydrogen-bond donors (Lipinski definition) is 0. The molecule has 1 aromatic carbocycles. The molecule has 3 rings (SSSR count). The van der Waals surface area contributed by atoms with Gasteiger partial charge in [0.2, 0.25) is 0 Å². The van der Waals surface area contributed by atoms with Gasteiger partial charge in [0.15, 0.2) is 5.65 Å². The van der Waals surface area contributed by atoms with Crippen LogP contribution < -0.4 is 5.56 Å². The molecule has 0 aliphatic carbocycles. The molecule has 0 aliphatic heterocycles. The molecule has 0 aliphatic rings. The highest BCUT2D eigenvalue weighted by atomic mass is 19.1. The molecule has 0 amide bonds. The molecule has 2 aromatic heterocycles. The minimum atomic E-state index is -0.742. The Hall–Kier alpha value is -3.03. The molecule has 2 heterocycles. The molecule has 7 nitrogen and oxygen atoms in total. The van der Waals surface area contributed by atoms with Crippen LogP contribution in [0.4, 0.5) is 4.39 Å². The molecule has 3 aromatic rings. The van der Waals surface area contributed by atoms with E-state index in [-0.39, 0.29) is 16.8 Å². The second-order valence-electron chi connectivity index (χ2n) is 5.17.